The zero-order valence-corrected chi connectivity index (χ0v) is 12.4. The van der Waals surface area contributed by atoms with Crippen LogP contribution in [-0.2, 0) is 11.3 Å². The average molecular weight is 272 g/mol. The van der Waals surface area contributed by atoms with Gasteiger partial charge in [-0.2, -0.15) is 0 Å². The summed E-state index contributed by atoms with van der Waals surface area (Å²) in [5, 5.41) is 4.65. The minimum atomic E-state index is 0.394. The smallest absolute Gasteiger partial charge is 0.0483 e. The molecule has 0 radical (unpaired) electrons. The molecule has 1 N–H and O–H groups in total. The predicted molar refractivity (Wildman–Crippen MR) is 83.0 cm³/mol. The second-order valence-electron chi connectivity index (χ2n) is 5.85. The monoisotopic (exact) mass is 272 g/mol. The number of hydrogen-bond acceptors (Lipinski definition) is 2. The van der Waals surface area contributed by atoms with Gasteiger partial charge in [-0.25, -0.2) is 0 Å². The van der Waals surface area contributed by atoms with Crippen LogP contribution in [0.4, 0.5) is 0 Å². The summed E-state index contributed by atoms with van der Waals surface area (Å²) in [4.78, 5) is 0. The Morgan fingerprint density at radius 2 is 2.10 bits per heavy atom. The van der Waals surface area contributed by atoms with Gasteiger partial charge in [0, 0.05) is 37.5 Å². The normalized spacial score (nSPS) is 18.5. The number of nitrogens with zero attached hydrogens (tertiary/aromatic N) is 1. The summed E-state index contributed by atoms with van der Waals surface area (Å²) in [6, 6.07) is 9.41. The molecule has 3 rings (SSSR count). The second kappa shape index (κ2) is 5.98. The van der Waals surface area contributed by atoms with E-state index >= 15 is 0 Å². The number of hydrogen-bond donors (Lipinski definition) is 1. The maximum atomic E-state index is 5.45. The first kappa shape index (κ1) is 13.7. The van der Waals surface area contributed by atoms with Gasteiger partial charge in [-0.3, -0.25) is 0 Å². The molecule has 1 aromatic heterocycles. The number of ether oxygens (including phenoxy) is 1. The van der Waals surface area contributed by atoms with Crippen LogP contribution in [0.3, 0.4) is 0 Å². The van der Waals surface area contributed by atoms with Crippen LogP contribution < -0.4 is 5.32 Å². The molecule has 108 valence electrons. The van der Waals surface area contributed by atoms with Crippen molar-refractivity contribution in [3.05, 3.63) is 36.0 Å². The summed E-state index contributed by atoms with van der Waals surface area (Å²) in [5.41, 5.74) is 2.71. The third-order valence-electron chi connectivity index (χ3n) is 4.53. The van der Waals surface area contributed by atoms with E-state index in [0.29, 0.717) is 6.04 Å². The summed E-state index contributed by atoms with van der Waals surface area (Å²) >= 11 is 0. The molecule has 0 amide bonds. The molecule has 3 heteroatoms. The van der Waals surface area contributed by atoms with Gasteiger partial charge in [0.15, 0.2) is 0 Å². The molecular formula is C17H24N2O. The summed E-state index contributed by atoms with van der Waals surface area (Å²) in [6.45, 7) is 5.16. The van der Waals surface area contributed by atoms with Crippen molar-refractivity contribution < 1.29 is 4.74 Å². The van der Waals surface area contributed by atoms with E-state index in [4.69, 9.17) is 4.74 Å². The molecule has 1 fully saturated rings. The number of benzene rings is 1. The lowest BCUT2D eigenvalue weighted by molar-refractivity contribution is 0.0616. The average Bonchev–Trinajstić information content (AvgIpc) is 2.90. The second-order valence-corrected chi connectivity index (χ2v) is 5.85. The fraction of sp³-hybridized carbons (Fsp3) is 0.529. The Morgan fingerprint density at radius 3 is 2.85 bits per heavy atom. The van der Waals surface area contributed by atoms with Crippen LogP contribution in [-0.4, -0.2) is 24.8 Å². The van der Waals surface area contributed by atoms with Gasteiger partial charge in [-0.05, 0) is 55.8 Å². The summed E-state index contributed by atoms with van der Waals surface area (Å²) in [7, 11) is 2.01. The topological polar surface area (TPSA) is 26.2 Å². The van der Waals surface area contributed by atoms with E-state index in [1.54, 1.807) is 0 Å². The predicted octanol–water partition coefficient (Wildman–Crippen LogP) is 3.35. The summed E-state index contributed by atoms with van der Waals surface area (Å²) < 4.78 is 7.87. The fourth-order valence-electron chi connectivity index (χ4n) is 3.00. The number of rotatable bonds is 4. The molecular weight excluding hydrogens is 248 g/mol. The van der Waals surface area contributed by atoms with Gasteiger partial charge < -0.3 is 14.6 Å². The van der Waals surface area contributed by atoms with Crippen LogP contribution in [0.2, 0.25) is 0 Å². The van der Waals surface area contributed by atoms with Crippen molar-refractivity contribution in [2.24, 2.45) is 5.92 Å². The van der Waals surface area contributed by atoms with Gasteiger partial charge in [0.05, 0.1) is 0 Å². The van der Waals surface area contributed by atoms with Crippen LogP contribution in [0.5, 0.6) is 0 Å². The molecule has 20 heavy (non-hydrogen) atoms. The Balaban J connectivity index is 1.86. The number of aromatic nitrogens is 1. The van der Waals surface area contributed by atoms with Crippen LogP contribution in [0.1, 0.15) is 31.4 Å². The van der Waals surface area contributed by atoms with E-state index in [-0.39, 0.29) is 0 Å². The lowest BCUT2D eigenvalue weighted by Gasteiger charge is -2.23. The molecule has 1 atom stereocenters. The highest BCUT2D eigenvalue weighted by Gasteiger charge is 2.15. The Kier molecular flexibility index (Phi) is 4.08. The van der Waals surface area contributed by atoms with E-state index in [9.17, 15) is 0 Å². The van der Waals surface area contributed by atoms with Crippen molar-refractivity contribution in [3.63, 3.8) is 0 Å². The van der Waals surface area contributed by atoms with Crippen LogP contribution >= 0.6 is 0 Å². The minimum absolute atomic E-state index is 0.394. The van der Waals surface area contributed by atoms with Gasteiger partial charge >= 0.3 is 0 Å². The van der Waals surface area contributed by atoms with E-state index in [0.717, 1.165) is 25.7 Å². The highest BCUT2D eigenvalue weighted by molar-refractivity contribution is 5.81. The third-order valence-corrected chi connectivity index (χ3v) is 4.53. The molecule has 0 bridgehead atoms. The number of nitrogens with one attached hydrogen (secondary N) is 1. The van der Waals surface area contributed by atoms with Gasteiger partial charge in [0.2, 0.25) is 0 Å². The van der Waals surface area contributed by atoms with Crippen molar-refractivity contribution >= 4 is 10.9 Å². The Hall–Kier alpha value is -1.32. The fourth-order valence-corrected chi connectivity index (χ4v) is 3.00. The highest BCUT2D eigenvalue weighted by atomic mass is 16.5. The molecule has 1 aliphatic rings. The molecule has 1 aromatic carbocycles. The van der Waals surface area contributed by atoms with Crippen molar-refractivity contribution in [1.82, 2.24) is 9.88 Å². The standard InChI is InChI=1S/C17H24N2O/c1-13(18-2)16-4-3-15-5-8-19(17(15)11-16)12-14-6-9-20-10-7-14/h3-5,8,11,13-14,18H,6-7,9-10,12H2,1-2H3. The molecule has 1 unspecified atom stereocenters. The number of fused-ring (bicyclic) bond motifs is 1. The zero-order chi connectivity index (χ0) is 13.9. The first-order valence-electron chi connectivity index (χ1n) is 7.61. The molecule has 2 heterocycles. The third kappa shape index (κ3) is 2.74. The first-order valence-corrected chi connectivity index (χ1v) is 7.61. The molecule has 0 aliphatic carbocycles. The zero-order valence-electron chi connectivity index (χ0n) is 12.4. The molecule has 0 saturated carbocycles. The van der Waals surface area contributed by atoms with Gasteiger partial charge in [-0.15, -0.1) is 0 Å². The maximum Gasteiger partial charge on any atom is 0.0483 e. The minimum Gasteiger partial charge on any atom is -0.381 e. The summed E-state index contributed by atoms with van der Waals surface area (Å²) in [6.07, 6.45) is 4.60. The Morgan fingerprint density at radius 1 is 1.30 bits per heavy atom. The Bertz CT molecular complexity index is 569. The van der Waals surface area contributed by atoms with Crippen molar-refractivity contribution in [2.45, 2.75) is 32.4 Å². The van der Waals surface area contributed by atoms with E-state index in [2.05, 4.69) is 47.3 Å². The molecule has 0 spiro atoms. The van der Waals surface area contributed by atoms with Crippen molar-refractivity contribution in [1.29, 1.82) is 0 Å². The van der Waals surface area contributed by atoms with Gasteiger partial charge in [0.1, 0.15) is 0 Å². The Labute approximate surface area is 120 Å². The molecule has 3 nitrogen and oxygen atoms in total. The largest absolute Gasteiger partial charge is 0.381 e. The molecule has 1 saturated heterocycles. The molecule has 1 aliphatic heterocycles. The SMILES string of the molecule is CNC(C)c1ccc2ccn(CC3CCOCC3)c2c1. The van der Waals surface area contributed by atoms with Crippen LogP contribution in [0, 0.1) is 5.92 Å². The lowest BCUT2D eigenvalue weighted by Crippen LogP contribution is -2.20. The van der Waals surface area contributed by atoms with Gasteiger partial charge in [0.25, 0.3) is 0 Å². The van der Waals surface area contributed by atoms with Crippen molar-refractivity contribution in [3.8, 4) is 0 Å². The first-order chi connectivity index (χ1) is 9.78. The quantitative estimate of drug-likeness (QED) is 0.923. The molecule has 2 aromatic rings. The van der Waals surface area contributed by atoms with E-state index in [1.165, 1.54) is 29.3 Å². The highest BCUT2D eigenvalue weighted by Crippen LogP contribution is 2.24. The van der Waals surface area contributed by atoms with Crippen LogP contribution in [0.15, 0.2) is 30.5 Å². The van der Waals surface area contributed by atoms with Gasteiger partial charge in [-0.1, -0.05) is 12.1 Å². The van der Waals surface area contributed by atoms with Crippen molar-refractivity contribution in [2.75, 3.05) is 20.3 Å². The van der Waals surface area contributed by atoms with E-state index in [1.807, 2.05) is 7.05 Å². The summed E-state index contributed by atoms with van der Waals surface area (Å²) in [5.74, 6) is 0.754. The lowest BCUT2D eigenvalue weighted by atomic mass is 10.0. The van der Waals surface area contributed by atoms with Crippen LogP contribution in [0.25, 0.3) is 10.9 Å². The van der Waals surface area contributed by atoms with E-state index < -0.39 is 0 Å². The maximum absolute atomic E-state index is 5.45.